The minimum atomic E-state index is -4.64. The largest absolute Gasteiger partial charge is 0.400 e. The van der Waals surface area contributed by atoms with E-state index >= 15 is 0 Å². The Morgan fingerprint density at radius 2 is 1.70 bits per heavy atom. The number of aliphatic imine (C=N–C) groups is 1. The Bertz CT molecular complexity index is 936. The highest BCUT2D eigenvalue weighted by atomic mass is 35.5. The number of rotatable bonds is 3. The Kier molecular flexibility index (Phi) is 5.18. The van der Waals surface area contributed by atoms with Gasteiger partial charge in [-0.15, -0.1) is 0 Å². The highest BCUT2D eigenvalue weighted by molar-refractivity contribution is 6.48. The van der Waals surface area contributed by atoms with E-state index in [0.717, 1.165) is 12.1 Å². The van der Waals surface area contributed by atoms with Crippen LogP contribution in [-0.2, 0) is 5.41 Å². The van der Waals surface area contributed by atoms with Gasteiger partial charge in [0.1, 0.15) is 5.41 Å². The molecule has 0 bridgehead atoms. The van der Waals surface area contributed by atoms with E-state index in [1.165, 1.54) is 12.1 Å². The van der Waals surface area contributed by atoms with Crippen LogP contribution in [0.2, 0.25) is 15.1 Å². The summed E-state index contributed by atoms with van der Waals surface area (Å²) in [4.78, 5) is 15.7. The van der Waals surface area contributed by atoms with Gasteiger partial charge in [0.15, 0.2) is 0 Å². The molecule has 0 saturated carbocycles. The molecule has 0 spiro atoms. The maximum absolute atomic E-state index is 14.1. The number of halogens is 6. The van der Waals surface area contributed by atoms with E-state index in [1.54, 1.807) is 12.1 Å². The molecule has 1 atom stereocenters. The van der Waals surface area contributed by atoms with Crippen LogP contribution in [0.3, 0.4) is 0 Å². The van der Waals surface area contributed by atoms with Crippen molar-refractivity contribution in [2.75, 3.05) is 6.54 Å². The van der Waals surface area contributed by atoms with Crippen molar-refractivity contribution in [2.45, 2.75) is 18.0 Å². The summed E-state index contributed by atoms with van der Waals surface area (Å²) in [6, 6.07) is 8.46. The SMILES string of the molecule is NC(=O)c1ccccc1C1=NCC(c2cc(Cl)c(Cl)c(Cl)c2)(C(F)(F)F)C1. The number of carbonyl (C=O) groups is 1. The van der Waals surface area contributed by atoms with Crippen LogP contribution in [0.15, 0.2) is 41.4 Å². The normalized spacial score (nSPS) is 19.9. The number of nitrogens with two attached hydrogens (primary N) is 1. The predicted molar refractivity (Wildman–Crippen MR) is 100 cm³/mol. The van der Waals surface area contributed by atoms with Crippen LogP contribution in [0.4, 0.5) is 13.2 Å². The summed E-state index contributed by atoms with van der Waals surface area (Å²) in [7, 11) is 0. The van der Waals surface area contributed by atoms with Gasteiger partial charge in [-0.1, -0.05) is 53.0 Å². The van der Waals surface area contributed by atoms with E-state index in [2.05, 4.69) is 4.99 Å². The van der Waals surface area contributed by atoms with E-state index in [1.807, 2.05) is 0 Å². The fourth-order valence-corrected chi connectivity index (χ4v) is 3.73. The molecule has 0 aromatic heterocycles. The lowest BCUT2D eigenvalue weighted by molar-refractivity contribution is -0.183. The van der Waals surface area contributed by atoms with E-state index in [9.17, 15) is 18.0 Å². The summed E-state index contributed by atoms with van der Waals surface area (Å²) in [6.45, 7) is -0.562. The molecular weight excluding hydrogens is 424 g/mol. The van der Waals surface area contributed by atoms with Gasteiger partial charge in [0.05, 0.1) is 21.6 Å². The van der Waals surface area contributed by atoms with Crippen LogP contribution in [-0.4, -0.2) is 24.3 Å². The number of nitrogens with zero attached hydrogens (tertiary/aromatic N) is 1. The number of alkyl halides is 3. The van der Waals surface area contributed by atoms with Crippen molar-refractivity contribution in [2.24, 2.45) is 10.7 Å². The second-order valence-corrected chi connectivity index (χ2v) is 7.38. The van der Waals surface area contributed by atoms with E-state index in [-0.39, 0.29) is 37.5 Å². The monoisotopic (exact) mass is 434 g/mol. The Morgan fingerprint density at radius 3 is 2.26 bits per heavy atom. The molecule has 0 radical (unpaired) electrons. The van der Waals surface area contributed by atoms with Crippen molar-refractivity contribution >= 4 is 46.4 Å². The molecule has 1 aliphatic rings. The zero-order valence-corrected chi connectivity index (χ0v) is 15.8. The summed E-state index contributed by atoms with van der Waals surface area (Å²) < 4.78 is 42.4. The van der Waals surface area contributed by atoms with Gasteiger partial charge in [-0.3, -0.25) is 9.79 Å². The predicted octanol–water partition coefficient (Wildman–Crippen LogP) is 5.44. The molecule has 142 valence electrons. The van der Waals surface area contributed by atoms with Crippen molar-refractivity contribution in [3.05, 3.63) is 68.2 Å². The molecule has 2 aromatic carbocycles. The van der Waals surface area contributed by atoms with Crippen molar-refractivity contribution in [1.29, 1.82) is 0 Å². The number of primary amides is 1. The molecule has 0 aliphatic carbocycles. The summed E-state index contributed by atoms with van der Waals surface area (Å²) in [5, 5.41) is -0.167. The van der Waals surface area contributed by atoms with Gasteiger partial charge in [-0.05, 0) is 23.8 Å². The zero-order chi connectivity index (χ0) is 20.0. The third-order valence-electron chi connectivity index (χ3n) is 4.59. The second-order valence-electron chi connectivity index (χ2n) is 6.18. The molecule has 0 fully saturated rings. The summed E-state index contributed by atoms with van der Waals surface area (Å²) in [6.07, 6.45) is -5.12. The Morgan fingerprint density at radius 1 is 1.11 bits per heavy atom. The van der Waals surface area contributed by atoms with Gasteiger partial charge in [0.25, 0.3) is 0 Å². The standard InChI is InChI=1S/C18H12Cl3F3N2O/c19-12-5-9(6-13(20)15(12)21)17(18(22,23)24)7-14(26-8-17)10-3-1-2-4-11(10)16(25)27/h1-6H,7-8H2,(H2,25,27). The summed E-state index contributed by atoms with van der Waals surface area (Å²) in [5.41, 5.74) is 3.41. The number of benzene rings is 2. The van der Waals surface area contributed by atoms with E-state index in [0.29, 0.717) is 0 Å². The number of hydrogen-bond donors (Lipinski definition) is 1. The fraction of sp³-hybridized carbons (Fsp3) is 0.222. The van der Waals surface area contributed by atoms with Gasteiger partial charge in [0.2, 0.25) is 5.91 Å². The van der Waals surface area contributed by atoms with Crippen LogP contribution in [0.1, 0.15) is 27.9 Å². The van der Waals surface area contributed by atoms with Crippen LogP contribution in [0.5, 0.6) is 0 Å². The minimum Gasteiger partial charge on any atom is -0.366 e. The second kappa shape index (κ2) is 7.00. The van der Waals surface area contributed by atoms with Gasteiger partial charge in [-0.25, -0.2) is 0 Å². The average Bonchev–Trinajstić information content (AvgIpc) is 3.05. The molecular formula is C18H12Cl3F3N2O. The van der Waals surface area contributed by atoms with Crippen molar-refractivity contribution < 1.29 is 18.0 Å². The average molecular weight is 436 g/mol. The summed E-state index contributed by atoms with van der Waals surface area (Å²) >= 11 is 17.8. The van der Waals surface area contributed by atoms with Gasteiger partial charge >= 0.3 is 6.18 Å². The quantitative estimate of drug-likeness (QED) is 0.641. The Balaban J connectivity index is 2.11. The first-order valence-electron chi connectivity index (χ1n) is 7.71. The molecule has 1 amide bonds. The molecule has 2 N–H and O–H groups in total. The van der Waals surface area contributed by atoms with Crippen LogP contribution in [0, 0.1) is 0 Å². The first-order chi connectivity index (χ1) is 12.6. The number of hydrogen-bond acceptors (Lipinski definition) is 2. The molecule has 0 saturated heterocycles. The molecule has 9 heteroatoms. The lowest BCUT2D eigenvalue weighted by atomic mass is 9.76. The molecule has 1 unspecified atom stereocenters. The minimum absolute atomic E-state index is 0.0161. The molecule has 3 nitrogen and oxygen atoms in total. The maximum Gasteiger partial charge on any atom is 0.400 e. The molecule has 1 heterocycles. The van der Waals surface area contributed by atoms with Gasteiger partial charge in [-0.2, -0.15) is 13.2 Å². The lowest BCUT2D eigenvalue weighted by Gasteiger charge is -2.32. The topological polar surface area (TPSA) is 55.5 Å². The van der Waals surface area contributed by atoms with Crippen molar-refractivity contribution in [3.63, 3.8) is 0 Å². The first kappa shape index (κ1) is 20.0. The van der Waals surface area contributed by atoms with Crippen LogP contribution < -0.4 is 5.73 Å². The molecule has 1 aliphatic heterocycles. The first-order valence-corrected chi connectivity index (χ1v) is 8.84. The van der Waals surface area contributed by atoms with Gasteiger partial charge < -0.3 is 5.73 Å². The third-order valence-corrected chi connectivity index (χ3v) is 5.79. The Hall–Kier alpha value is -1.76. The van der Waals surface area contributed by atoms with Crippen molar-refractivity contribution in [3.8, 4) is 0 Å². The van der Waals surface area contributed by atoms with Crippen LogP contribution >= 0.6 is 34.8 Å². The highest BCUT2D eigenvalue weighted by Crippen LogP contribution is 2.49. The third kappa shape index (κ3) is 3.42. The van der Waals surface area contributed by atoms with Crippen LogP contribution in [0.25, 0.3) is 0 Å². The van der Waals surface area contributed by atoms with Crippen molar-refractivity contribution in [1.82, 2.24) is 0 Å². The molecule has 27 heavy (non-hydrogen) atoms. The molecule has 2 aromatic rings. The van der Waals surface area contributed by atoms with E-state index < -0.39 is 30.5 Å². The number of amides is 1. The fourth-order valence-electron chi connectivity index (χ4n) is 3.14. The van der Waals surface area contributed by atoms with E-state index in [4.69, 9.17) is 40.5 Å². The number of carbonyl (C=O) groups excluding carboxylic acids is 1. The highest BCUT2D eigenvalue weighted by Gasteiger charge is 2.58. The molecule has 3 rings (SSSR count). The zero-order valence-electron chi connectivity index (χ0n) is 13.6. The smallest absolute Gasteiger partial charge is 0.366 e. The lowest BCUT2D eigenvalue weighted by Crippen LogP contribution is -2.44. The summed E-state index contributed by atoms with van der Waals surface area (Å²) in [5.74, 6) is -0.740. The Labute approximate surface area is 167 Å². The maximum atomic E-state index is 14.1. The van der Waals surface area contributed by atoms with Gasteiger partial charge in [0, 0.05) is 23.3 Å².